The van der Waals surface area contributed by atoms with Gasteiger partial charge in [-0.25, -0.2) is 0 Å². The molecule has 2 unspecified atom stereocenters. The van der Waals surface area contributed by atoms with Crippen molar-refractivity contribution in [3.8, 4) is 0 Å². The van der Waals surface area contributed by atoms with Crippen molar-refractivity contribution in [2.45, 2.75) is 31.3 Å². The topological polar surface area (TPSA) is 52.0 Å². The molecule has 2 rings (SSSR count). The molecule has 1 aliphatic carbocycles. The number of rotatable bonds is 1. The predicted octanol–water partition coefficient (Wildman–Crippen LogP) is 1.91. The van der Waals surface area contributed by atoms with Gasteiger partial charge in [-0.15, -0.1) is 0 Å². The van der Waals surface area contributed by atoms with Crippen molar-refractivity contribution in [1.82, 2.24) is 0 Å². The molecule has 1 saturated carbocycles. The molecule has 0 spiro atoms. The fourth-order valence-corrected chi connectivity index (χ4v) is 2.09. The van der Waals surface area contributed by atoms with E-state index in [1.54, 1.807) is 0 Å². The molecule has 0 aromatic heterocycles. The summed E-state index contributed by atoms with van der Waals surface area (Å²) in [6, 6.07) is 10.5. The zero-order valence-corrected chi connectivity index (χ0v) is 8.89. The lowest BCUT2D eigenvalue weighted by Gasteiger charge is -2.28. The Morgan fingerprint density at radius 1 is 1.13 bits per heavy atom. The summed E-state index contributed by atoms with van der Waals surface area (Å²) in [6.45, 7) is 0. The molecule has 0 aliphatic heterocycles. The molecule has 0 heterocycles. The van der Waals surface area contributed by atoms with Crippen LogP contribution in [0.2, 0.25) is 0 Å². The highest BCUT2D eigenvalue weighted by molar-refractivity contribution is 5.54. The van der Waals surface area contributed by atoms with Gasteiger partial charge in [-0.3, -0.25) is 0 Å². The van der Waals surface area contributed by atoms with Crippen LogP contribution in [0.5, 0.6) is 0 Å². The summed E-state index contributed by atoms with van der Waals surface area (Å²) in [5, 5.41) is 0. The molecular weight excluding hydrogens is 184 g/mol. The zero-order valence-electron chi connectivity index (χ0n) is 8.89. The van der Waals surface area contributed by atoms with E-state index in [-0.39, 0.29) is 12.1 Å². The molecule has 1 aromatic carbocycles. The second-order valence-electron chi connectivity index (χ2n) is 4.21. The van der Waals surface area contributed by atoms with Crippen LogP contribution >= 0.6 is 0 Å². The number of benzene rings is 1. The Kier molecular flexibility index (Phi) is 3.19. The van der Waals surface area contributed by atoms with Gasteiger partial charge in [0.05, 0.1) is 0 Å². The standard InChI is InChI=1S/C13H18N2/c14-12-8-4-7-11(13(12)15)9-10-5-2-1-3-6-10/h1-3,5-6,9,12-13H,4,7-8,14-15H2. The second kappa shape index (κ2) is 4.60. The van der Waals surface area contributed by atoms with E-state index >= 15 is 0 Å². The van der Waals surface area contributed by atoms with Crippen molar-refractivity contribution >= 4 is 6.08 Å². The van der Waals surface area contributed by atoms with Crippen molar-refractivity contribution in [3.63, 3.8) is 0 Å². The molecule has 4 N–H and O–H groups in total. The Labute approximate surface area is 91.0 Å². The molecule has 2 atom stereocenters. The minimum Gasteiger partial charge on any atom is -0.326 e. The maximum Gasteiger partial charge on any atom is 0.0411 e. The molecule has 1 aromatic rings. The van der Waals surface area contributed by atoms with Crippen LogP contribution in [0.4, 0.5) is 0 Å². The molecule has 1 aliphatic rings. The number of hydrogen-bond donors (Lipinski definition) is 2. The van der Waals surface area contributed by atoms with Gasteiger partial charge in [-0.2, -0.15) is 0 Å². The third kappa shape index (κ3) is 2.46. The van der Waals surface area contributed by atoms with E-state index in [0.29, 0.717) is 0 Å². The highest BCUT2D eigenvalue weighted by Gasteiger charge is 2.22. The van der Waals surface area contributed by atoms with Crippen LogP contribution in [0.1, 0.15) is 24.8 Å². The molecule has 2 nitrogen and oxygen atoms in total. The van der Waals surface area contributed by atoms with Crippen LogP contribution in [0, 0.1) is 0 Å². The second-order valence-corrected chi connectivity index (χ2v) is 4.21. The van der Waals surface area contributed by atoms with Crippen molar-refractivity contribution in [2.75, 3.05) is 0 Å². The van der Waals surface area contributed by atoms with Crippen LogP contribution in [-0.4, -0.2) is 12.1 Å². The average molecular weight is 202 g/mol. The lowest BCUT2D eigenvalue weighted by Crippen LogP contribution is -2.45. The van der Waals surface area contributed by atoms with Gasteiger partial charge in [0.2, 0.25) is 0 Å². The van der Waals surface area contributed by atoms with E-state index in [9.17, 15) is 0 Å². The maximum absolute atomic E-state index is 6.08. The monoisotopic (exact) mass is 202 g/mol. The SMILES string of the molecule is NC1CCCC(=Cc2ccccc2)C1N. The Balaban J connectivity index is 2.19. The molecule has 15 heavy (non-hydrogen) atoms. The highest BCUT2D eigenvalue weighted by atomic mass is 14.8. The minimum absolute atomic E-state index is 0.0407. The van der Waals surface area contributed by atoms with Gasteiger partial charge in [0, 0.05) is 12.1 Å². The van der Waals surface area contributed by atoms with Crippen LogP contribution in [0.3, 0.4) is 0 Å². The Hall–Kier alpha value is -1.12. The Morgan fingerprint density at radius 3 is 2.60 bits per heavy atom. The first-order valence-electron chi connectivity index (χ1n) is 5.54. The normalized spacial score (nSPS) is 29.3. The summed E-state index contributed by atoms with van der Waals surface area (Å²) < 4.78 is 0. The highest BCUT2D eigenvalue weighted by Crippen LogP contribution is 2.23. The third-order valence-corrected chi connectivity index (χ3v) is 3.04. The van der Waals surface area contributed by atoms with Gasteiger partial charge in [0.15, 0.2) is 0 Å². The van der Waals surface area contributed by atoms with Crippen molar-refractivity contribution in [2.24, 2.45) is 11.5 Å². The van der Waals surface area contributed by atoms with Gasteiger partial charge in [0.25, 0.3) is 0 Å². The van der Waals surface area contributed by atoms with E-state index < -0.39 is 0 Å². The zero-order chi connectivity index (χ0) is 10.7. The van der Waals surface area contributed by atoms with Gasteiger partial charge in [-0.05, 0) is 24.8 Å². The average Bonchev–Trinajstić information content (AvgIpc) is 2.26. The lowest BCUT2D eigenvalue weighted by molar-refractivity contribution is 0.464. The lowest BCUT2D eigenvalue weighted by atomic mass is 9.86. The first-order valence-corrected chi connectivity index (χ1v) is 5.54. The van der Waals surface area contributed by atoms with Gasteiger partial charge >= 0.3 is 0 Å². The third-order valence-electron chi connectivity index (χ3n) is 3.04. The summed E-state index contributed by atoms with van der Waals surface area (Å²) in [6.07, 6.45) is 5.48. The van der Waals surface area contributed by atoms with E-state index in [4.69, 9.17) is 11.5 Å². The number of hydrogen-bond acceptors (Lipinski definition) is 2. The fourth-order valence-electron chi connectivity index (χ4n) is 2.09. The van der Waals surface area contributed by atoms with E-state index in [1.807, 2.05) is 18.2 Å². The molecular formula is C13H18N2. The van der Waals surface area contributed by atoms with Crippen LogP contribution in [0.25, 0.3) is 6.08 Å². The van der Waals surface area contributed by atoms with Gasteiger partial charge in [-0.1, -0.05) is 42.0 Å². The fraction of sp³-hybridized carbons (Fsp3) is 0.385. The van der Waals surface area contributed by atoms with Crippen molar-refractivity contribution in [3.05, 3.63) is 41.5 Å². The first kappa shape index (κ1) is 10.4. The van der Waals surface area contributed by atoms with Gasteiger partial charge < -0.3 is 11.5 Å². The molecule has 80 valence electrons. The summed E-state index contributed by atoms with van der Waals surface area (Å²) in [7, 11) is 0. The molecule has 0 saturated heterocycles. The van der Waals surface area contributed by atoms with Crippen LogP contribution < -0.4 is 11.5 Å². The molecule has 1 fully saturated rings. The molecule has 0 radical (unpaired) electrons. The smallest absolute Gasteiger partial charge is 0.0411 e. The molecule has 0 bridgehead atoms. The predicted molar refractivity (Wildman–Crippen MR) is 64.2 cm³/mol. The van der Waals surface area contributed by atoms with Gasteiger partial charge in [0.1, 0.15) is 0 Å². The summed E-state index contributed by atoms with van der Waals surface area (Å²) in [5.74, 6) is 0. The van der Waals surface area contributed by atoms with Crippen LogP contribution in [-0.2, 0) is 0 Å². The quantitative estimate of drug-likeness (QED) is 0.731. The minimum atomic E-state index is 0.0407. The molecule has 0 amide bonds. The Bertz CT molecular complexity index is 343. The summed E-state index contributed by atoms with van der Waals surface area (Å²) >= 11 is 0. The van der Waals surface area contributed by atoms with E-state index in [2.05, 4.69) is 18.2 Å². The van der Waals surface area contributed by atoms with Crippen molar-refractivity contribution in [1.29, 1.82) is 0 Å². The first-order chi connectivity index (χ1) is 7.27. The Morgan fingerprint density at radius 2 is 1.87 bits per heavy atom. The molecule has 2 heteroatoms. The summed E-state index contributed by atoms with van der Waals surface area (Å²) in [4.78, 5) is 0. The van der Waals surface area contributed by atoms with E-state index in [1.165, 1.54) is 11.1 Å². The largest absolute Gasteiger partial charge is 0.326 e. The van der Waals surface area contributed by atoms with Crippen LogP contribution in [0.15, 0.2) is 35.9 Å². The van der Waals surface area contributed by atoms with E-state index in [0.717, 1.165) is 19.3 Å². The maximum atomic E-state index is 6.08. The summed E-state index contributed by atoms with van der Waals surface area (Å²) in [5.41, 5.74) is 14.5. The number of nitrogens with two attached hydrogens (primary N) is 2. The van der Waals surface area contributed by atoms with Crippen molar-refractivity contribution < 1.29 is 0 Å².